The highest BCUT2D eigenvalue weighted by Crippen LogP contribution is 2.32. The van der Waals surface area contributed by atoms with Gasteiger partial charge in [0.15, 0.2) is 6.10 Å². The van der Waals surface area contributed by atoms with Crippen LogP contribution >= 0.6 is 23.2 Å². The Bertz CT molecular complexity index is 440. The maximum Gasteiger partial charge on any atom is 0.263 e. The summed E-state index contributed by atoms with van der Waals surface area (Å²) in [6.07, 6.45) is -0.692. The van der Waals surface area contributed by atoms with Gasteiger partial charge in [-0.05, 0) is 26.0 Å². The minimum Gasteiger partial charge on any atom is -0.479 e. The molecule has 0 aromatic heterocycles. The summed E-state index contributed by atoms with van der Waals surface area (Å²) in [4.78, 5) is 13.6. The summed E-state index contributed by atoms with van der Waals surface area (Å²) in [5.74, 6) is 0.169. The number of aliphatic hydroxyl groups is 1. The number of likely N-dealkylation sites (N-methyl/N-ethyl adjacent to an activating group) is 1. The molecular formula is C13H17Cl2NO3. The molecule has 0 heterocycles. The van der Waals surface area contributed by atoms with Gasteiger partial charge < -0.3 is 14.7 Å². The second-order valence-corrected chi connectivity index (χ2v) is 4.74. The first-order chi connectivity index (χ1) is 9.01. The minimum absolute atomic E-state index is 0.0791. The molecular weight excluding hydrogens is 289 g/mol. The topological polar surface area (TPSA) is 49.8 Å². The smallest absolute Gasteiger partial charge is 0.263 e. The van der Waals surface area contributed by atoms with E-state index in [1.807, 2.05) is 6.92 Å². The van der Waals surface area contributed by atoms with Crippen molar-refractivity contribution >= 4 is 29.1 Å². The number of carbonyl (C=O) groups excluding carboxylic acids is 1. The Morgan fingerprint density at radius 2 is 2.16 bits per heavy atom. The standard InChI is InChI=1S/C13H17Cl2NO3/c1-3-16(7-8-17)13(18)9(2)19-11-6-4-5-10(14)12(11)15/h4-6,9,17H,3,7-8H2,1-2H3. The van der Waals surface area contributed by atoms with Crippen molar-refractivity contribution in [2.45, 2.75) is 20.0 Å². The van der Waals surface area contributed by atoms with Crippen molar-refractivity contribution in [2.24, 2.45) is 0 Å². The molecule has 6 heteroatoms. The molecule has 1 aromatic carbocycles. The Labute approximate surface area is 122 Å². The average molecular weight is 306 g/mol. The number of hydrogen-bond donors (Lipinski definition) is 1. The number of hydrogen-bond acceptors (Lipinski definition) is 3. The Kier molecular flexibility index (Phi) is 6.42. The fraction of sp³-hybridized carbons (Fsp3) is 0.462. The molecule has 1 aromatic rings. The van der Waals surface area contributed by atoms with E-state index in [4.69, 9.17) is 33.0 Å². The molecule has 0 saturated heterocycles. The number of nitrogens with zero attached hydrogens (tertiary/aromatic N) is 1. The van der Waals surface area contributed by atoms with Crippen molar-refractivity contribution in [2.75, 3.05) is 19.7 Å². The zero-order valence-electron chi connectivity index (χ0n) is 10.9. The van der Waals surface area contributed by atoms with Crippen LogP contribution in [0.1, 0.15) is 13.8 Å². The van der Waals surface area contributed by atoms with Crippen molar-refractivity contribution in [3.8, 4) is 5.75 Å². The Balaban J connectivity index is 2.76. The quantitative estimate of drug-likeness (QED) is 0.879. The summed E-state index contributed by atoms with van der Waals surface area (Å²) in [7, 11) is 0. The van der Waals surface area contributed by atoms with Crippen LogP contribution in [0.4, 0.5) is 0 Å². The third-order valence-electron chi connectivity index (χ3n) is 2.63. The van der Waals surface area contributed by atoms with Gasteiger partial charge in [0, 0.05) is 13.1 Å². The van der Waals surface area contributed by atoms with E-state index < -0.39 is 6.10 Å². The minimum atomic E-state index is -0.692. The lowest BCUT2D eigenvalue weighted by molar-refractivity contribution is -0.138. The fourth-order valence-electron chi connectivity index (χ4n) is 1.62. The molecule has 4 nitrogen and oxygen atoms in total. The number of halogens is 2. The van der Waals surface area contributed by atoms with E-state index in [0.29, 0.717) is 17.3 Å². The number of aliphatic hydroxyl groups excluding tert-OH is 1. The number of amides is 1. The van der Waals surface area contributed by atoms with Gasteiger partial charge in [0.25, 0.3) is 5.91 Å². The van der Waals surface area contributed by atoms with E-state index in [1.54, 1.807) is 25.1 Å². The highest BCUT2D eigenvalue weighted by Gasteiger charge is 2.21. The molecule has 1 N–H and O–H groups in total. The monoisotopic (exact) mass is 305 g/mol. The summed E-state index contributed by atoms with van der Waals surface area (Å²) < 4.78 is 5.53. The van der Waals surface area contributed by atoms with Gasteiger partial charge >= 0.3 is 0 Å². The zero-order chi connectivity index (χ0) is 14.4. The van der Waals surface area contributed by atoms with Gasteiger partial charge in [0.1, 0.15) is 10.8 Å². The number of rotatable bonds is 6. The molecule has 0 fully saturated rings. The van der Waals surface area contributed by atoms with Crippen LogP contribution in [-0.2, 0) is 4.79 Å². The molecule has 0 bridgehead atoms. The van der Waals surface area contributed by atoms with Crippen molar-refractivity contribution in [1.29, 1.82) is 0 Å². The molecule has 0 aliphatic rings. The molecule has 0 aliphatic heterocycles. The van der Waals surface area contributed by atoms with Crippen molar-refractivity contribution in [1.82, 2.24) is 4.90 Å². The molecule has 0 aliphatic carbocycles. The molecule has 1 amide bonds. The predicted molar refractivity (Wildman–Crippen MR) is 75.9 cm³/mol. The lowest BCUT2D eigenvalue weighted by atomic mass is 10.3. The van der Waals surface area contributed by atoms with Crippen LogP contribution in [0.2, 0.25) is 10.0 Å². The van der Waals surface area contributed by atoms with Gasteiger partial charge in [-0.2, -0.15) is 0 Å². The lowest BCUT2D eigenvalue weighted by Gasteiger charge is -2.24. The molecule has 0 spiro atoms. The molecule has 0 radical (unpaired) electrons. The first-order valence-corrected chi connectivity index (χ1v) is 6.77. The van der Waals surface area contributed by atoms with Crippen molar-refractivity contribution in [3.63, 3.8) is 0 Å². The van der Waals surface area contributed by atoms with E-state index in [-0.39, 0.29) is 24.1 Å². The highest BCUT2D eigenvalue weighted by atomic mass is 35.5. The number of benzene rings is 1. The van der Waals surface area contributed by atoms with Crippen LogP contribution in [0.5, 0.6) is 5.75 Å². The van der Waals surface area contributed by atoms with Crippen molar-refractivity contribution < 1.29 is 14.6 Å². The summed E-state index contributed by atoms with van der Waals surface area (Å²) in [6, 6.07) is 5.00. The number of carbonyl (C=O) groups is 1. The first-order valence-electron chi connectivity index (χ1n) is 6.01. The van der Waals surface area contributed by atoms with E-state index in [9.17, 15) is 4.79 Å². The Morgan fingerprint density at radius 1 is 1.47 bits per heavy atom. The van der Waals surface area contributed by atoms with E-state index in [0.717, 1.165) is 0 Å². The van der Waals surface area contributed by atoms with Gasteiger partial charge in [-0.15, -0.1) is 0 Å². The summed E-state index contributed by atoms with van der Waals surface area (Å²) in [6.45, 7) is 4.19. The summed E-state index contributed by atoms with van der Waals surface area (Å²) in [5, 5.41) is 9.56. The SMILES string of the molecule is CCN(CCO)C(=O)C(C)Oc1cccc(Cl)c1Cl. The molecule has 1 unspecified atom stereocenters. The van der Waals surface area contributed by atoms with Gasteiger partial charge in [-0.25, -0.2) is 0 Å². The van der Waals surface area contributed by atoms with Crippen LogP contribution in [0.15, 0.2) is 18.2 Å². The lowest BCUT2D eigenvalue weighted by Crippen LogP contribution is -2.41. The van der Waals surface area contributed by atoms with Crippen LogP contribution in [0.3, 0.4) is 0 Å². The fourth-order valence-corrected chi connectivity index (χ4v) is 1.95. The van der Waals surface area contributed by atoms with Crippen LogP contribution in [0.25, 0.3) is 0 Å². The molecule has 19 heavy (non-hydrogen) atoms. The maximum absolute atomic E-state index is 12.1. The van der Waals surface area contributed by atoms with E-state index >= 15 is 0 Å². The third-order valence-corrected chi connectivity index (χ3v) is 3.43. The van der Waals surface area contributed by atoms with E-state index in [1.165, 1.54) is 4.90 Å². The second kappa shape index (κ2) is 7.58. The van der Waals surface area contributed by atoms with Gasteiger partial charge in [0.2, 0.25) is 0 Å². The number of ether oxygens (including phenoxy) is 1. The maximum atomic E-state index is 12.1. The highest BCUT2D eigenvalue weighted by molar-refractivity contribution is 6.42. The third kappa shape index (κ3) is 4.27. The molecule has 1 rings (SSSR count). The summed E-state index contributed by atoms with van der Waals surface area (Å²) >= 11 is 11.9. The van der Waals surface area contributed by atoms with E-state index in [2.05, 4.69) is 0 Å². The first kappa shape index (κ1) is 16.1. The van der Waals surface area contributed by atoms with Crippen LogP contribution in [-0.4, -0.2) is 41.7 Å². The molecule has 1 atom stereocenters. The average Bonchev–Trinajstić information content (AvgIpc) is 2.40. The summed E-state index contributed by atoms with van der Waals surface area (Å²) in [5.41, 5.74) is 0. The molecule has 0 saturated carbocycles. The largest absolute Gasteiger partial charge is 0.479 e. The predicted octanol–water partition coefficient (Wildman–Crippen LogP) is 2.60. The van der Waals surface area contributed by atoms with Crippen LogP contribution < -0.4 is 4.74 Å². The Morgan fingerprint density at radius 3 is 2.74 bits per heavy atom. The van der Waals surface area contributed by atoms with Crippen LogP contribution in [0, 0.1) is 0 Å². The second-order valence-electron chi connectivity index (χ2n) is 3.95. The van der Waals surface area contributed by atoms with Gasteiger partial charge in [0.05, 0.1) is 11.6 Å². The van der Waals surface area contributed by atoms with Crippen molar-refractivity contribution in [3.05, 3.63) is 28.2 Å². The van der Waals surface area contributed by atoms with Gasteiger partial charge in [-0.1, -0.05) is 29.3 Å². The molecule has 106 valence electrons. The zero-order valence-corrected chi connectivity index (χ0v) is 12.4. The Hall–Kier alpha value is -0.970. The normalized spacial score (nSPS) is 12.1. The van der Waals surface area contributed by atoms with Gasteiger partial charge in [-0.3, -0.25) is 4.79 Å².